The molecule has 0 amide bonds. The number of methoxy groups -OCH3 is 2. The fraction of sp³-hybridized carbons (Fsp3) is 0.545. The van der Waals surface area contributed by atoms with E-state index < -0.39 is 22.3 Å². The van der Waals surface area contributed by atoms with E-state index >= 15 is 0 Å². The smallest absolute Gasteiger partial charge is 0.352 e. The van der Waals surface area contributed by atoms with Crippen molar-refractivity contribution in [3.05, 3.63) is 17.0 Å². The number of carboxylic acids is 1. The largest absolute Gasteiger partial charge is 0.477 e. The number of hydrogen-bond acceptors (Lipinski definition) is 5. The summed E-state index contributed by atoms with van der Waals surface area (Å²) in [5, 5.41) is 8.98. The van der Waals surface area contributed by atoms with Gasteiger partial charge < -0.3 is 19.6 Å². The number of H-pyrrole nitrogens is 1. The van der Waals surface area contributed by atoms with Crippen molar-refractivity contribution in [3.63, 3.8) is 0 Å². The molecule has 0 saturated heterocycles. The molecule has 0 bridgehead atoms. The zero-order chi connectivity index (χ0) is 15.5. The number of carboxylic acid groups (broad SMARTS) is 1. The van der Waals surface area contributed by atoms with Crippen LogP contribution in [0.15, 0.2) is 4.90 Å². The molecule has 0 unspecified atom stereocenters. The highest BCUT2D eigenvalue weighted by Crippen LogP contribution is 2.22. The van der Waals surface area contributed by atoms with Crippen molar-refractivity contribution < 1.29 is 27.8 Å². The van der Waals surface area contributed by atoms with Crippen LogP contribution in [-0.4, -0.2) is 51.5 Å². The average molecular weight is 306 g/mol. The summed E-state index contributed by atoms with van der Waals surface area (Å²) in [7, 11) is -1.08. The van der Waals surface area contributed by atoms with Crippen LogP contribution in [0.4, 0.5) is 0 Å². The number of aryl methyl sites for hydroxylation is 1. The minimum Gasteiger partial charge on any atom is -0.477 e. The molecule has 9 heteroatoms. The number of carbonyl (C=O) groups is 1. The van der Waals surface area contributed by atoms with E-state index in [9.17, 15) is 13.2 Å². The van der Waals surface area contributed by atoms with E-state index in [0.29, 0.717) is 0 Å². The molecule has 0 spiro atoms. The molecular formula is C11H18N2O6S. The van der Waals surface area contributed by atoms with Gasteiger partial charge in [-0.25, -0.2) is 17.9 Å². The highest BCUT2D eigenvalue weighted by Gasteiger charge is 2.26. The maximum atomic E-state index is 12.2. The number of hydrogen-bond donors (Lipinski definition) is 3. The quantitative estimate of drug-likeness (QED) is 0.621. The molecule has 0 fully saturated rings. The second-order valence-electron chi connectivity index (χ2n) is 4.14. The van der Waals surface area contributed by atoms with Crippen LogP contribution in [0.25, 0.3) is 0 Å². The summed E-state index contributed by atoms with van der Waals surface area (Å²) in [6.45, 7) is 2.85. The van der Waals surface area contributed by atoms with Crippen molar-refractivity contribution in [1.82, 2.24) is 9.71 Å². The standard InChI is InChI=1S/C11H18N2O6S/c1-6-9(11(14)15)13-7(2)10(6)20(16,17)12-5-8(18-3)19-4/h8,12-13H,5H2,1-4H3,(H,14,15). The molecule has 1 aromatic heterocycles. The van der Waals surface area contributed by atoms with Gasteiger partial charge in [0.1, 0.15) is 10.6 Å². The highest BCUT2D eigenvalue weighted by atomic mass is 32.2. The fourth-order valence-electron chi connectivity index (χ4n) is 1.86. The Morgan fingerprint density at radius 1 is 1.35 bits per heavy atom. The topological polar surface area (TPSA) is 118 Å². The molecule has 0 radical (unpaired) electrons. The first-order chi connectivity index (χ1) is 9.24. The summed E-state index contributed by atoms with van der Waals surface area (Å²) in [4.78, 5) is 13.5. The predicted octanol–water partition coefficient (Wildman–Crippen LogP) is 0.227. The number of aromatic amines is 1. The Kier molecular flexibility index (Phi) is 5.28. The normalized spacial score (nSPS) is 12.1. The molecule has 20 heavy (non-hydrogen) atoms. The van der Waals surface area contributed by atoms with Crippen LogP contribution in [0.2, 0.25) is 0 Å². The maximum absolute atomic E-state index is 12.2. The number of sulfonamides is 1. The van der Waals surface area contributed by atoms with E-state index in [0.717, 1.165) is 0 Å². The Hall–Kier alpha value is -1.42. The average Bonchev–Trinajstić information content (AvgIpc) is 2.66. The van der Waals surface area contributed by atoms with Crippen molar-refractivity contribution in [3.8, 4) is 0 Å². The molecule has 0 aliphatic carbocycles. The van der Waals surface area contributed by atoms with Gasteiger partial charge in [0.05, 0.1) is 6.54 Å². The van der Waals surface area contributed by atoms with Gasteiger partial charge in [0.2, 0.25) is 10.0 Å². The summed E-state index contributed by atoms with van der Waals surface area (Å²) in [6, 6.07) is 0. The molecule has 114 valence electrons. The van der Waals surface area contributed by atoms with Gasteiger partial charge in [-0.3, -0.25) is 0 Å². The Morgan fingerprint density at radius 2 is 1.90 bits per heavy atom. The lowest BCUT2D eigenvalue weighted by atomic mass is 10.2. The third kappa shape index (κ3) is 3.37. The summed E-state index contributed by atoms with van der Waals surface area (Å²) in [5.74, 6) is -1.21. The molecule has 1 rings (SSSR count). The molecule has 1 aromatic rings. The third-order valence-corrected chi connectivity index (χ3v) is 4.51. The van der Waals surface area contributed by atoms with E-state index in [1.54, 1.807) is 0 Å². The van der Waals surface area contributed by atoms with E-state index in [-0.39, 0.29) is 28.4 Å². The number of aromatic nitrogens is 1. The Labute approximate surface area is 117 Å². The Bertz CT molecular complexity index is 588. The van der Waals surface area contributed by atoms with Crippen LogP contribution >= 0.6 is 0 Å². The zero-order valence-electron chi connectivity index (χ0n) is 11.7. The van der Waals surface area contributed by atoms with Crippen molar-refractivity contribution in [2.75, 3.05) is 20.8 Å². The molecule has 0 aliphatic heterocycles. The van der Waals surface area contributed by atoms with Crippen molar-refractivity contribution >= 4 is 16.0 Å². The van der Waals surface area contributed by atoms with E-state index in [2.05, 4.69) is 9.71 Å². The molecule has 0 atom stereocenters. The minimum absolute atomic E-state index is 0.0687. The molecule has 0 saturated carbocycles. The van der Waals surface area contributed by atoms with Crippen LogP contribution in [0.3, 0.4) is 0 Å². The van der Waals surface area contributed by atoms with E-state index in [4.69, 9.17) is 14.6 Å². The predicted molar refractivity (Wildman–Crippen MR) is 70.2 cm³/mol. The second kappa shape index (κ2) is 6.35. The zero-order valence-corrected chi connectivity index (χ0v) is 12.5. The van der Waals surface area contributed by atoms with Gasteiger partial charge in [0.25, 0.3) is 0 Å². The first kappa shape index (κ1) is 16.6. The monoisotopic (exact) mass is 306 g/mol. The second-order valence-corrected chi connectivity index (χ2v) is 5.84. The maximum Gasteiger partial charge on any atom is 0.352 e. The number of nitrogens with one attached hydrogen (secondary N) is 2. The lowest BCUT2D eigenvalue weighted by Crippen LogP contribution is -2.34. The van der Waals surface area contributed by atoms with E-state index in [1.165, 1.54) is 28.1 Å². The van der Waals surface area contributed by atoms with Crippen molar-refractivity contribution in [2.45, 2.75) is 25.0 Å². The Balaban J connectivity index is 3.07. The summed E-state index contributed by atoms with van der Waals surface area (Å²) in [6.07, 6.45) is -0.719. The van der Waals surface area contributed by atoms with Crippen LogP contribution in [-0.2, 0) is 19.5 Å². The molecule has 0 aliphatic rings. The number of ether oxygens (including phenoxy) is 2. The summed E-state index contributed by atoms with van der Waals surface area (Å²) >= 11 is 0. The van der Waals surface area contributed by atoms with Gasteiger partial charge in [-0.15, -0.1) is 0 Å². The minimum atomic E-state index is -3.85. The lowest BCUT2D eigenvalue weighted by molar-refractivity contribution is -0.0960. The van der Waals surface area contributed by atoms with Gasteiger partial charge >= 0.3 is 5.97 Å². The van der Waals surface area contributed by atoms with Crippen molar-refractivity contribution in [1.29, 1.82) is 0 Å². The van der Waals surface area contributed by atoms with Crippen molar-refractivity contribution in [2.24, 2.45) is 0 Å². The molecule has 3 N–H and O–H groups in total. The highest BCUT2D eigenvalue weighted by molar-refractivity contribution is 7.89. The van der Waals surface area contributed by atoms with Gasteiger partial charge in [0, 0.05) is 25.5 Å². The molecule has 8 nitrogen and oxygen atoms in total. The summed E-state index contributed by atoms with van der Waals surface area (Å²) in [5.41, 5.74) is 0.283. The fourth-order valence-corrected chi connectivity index (χ4v) is 3.32. The van der Waals surface area contributed by atoms with Crippen LogP contribution in [0.5, 0.6) is 0 Å². The third-order valence-electron chi connectivity index (χ3n) is 2.82. The van der Waals surface area contributed by atoms with Crippen LogP contribution < -0.4 is 4.72 Å². The lowest BCUT2D eigenvalue weighted by Gasteiger charge is -2.14. The van der Waals surface area contributed by atoms with Crippen LogP contribution in [0, 0.1) is 13.8 Å². The molecule has 1 heterocycles. The van der Waals surface area contributed by atoms with E-state index in [1.807, 2.05) is 0 Å². The van der Waals surface area contributed by atoms with Gasteiger partial charge in [-0.2, -0.15) is 0 Å². The number of rotatable bonds is 7. The molecular weight excluding hydrogens is 288 g/mol. The number of aromatic carboxylic acids is 1. The first-order valence-electron chi connectivity index (χ1n) is 5.72. The molecule has 0 aromatic carbocycles. The van der Waals surface area contributed by atoms with Crippen LogP contribution in [0.1, 0.15) is 21.7 Å². The van der Waals surface area contributed by atoms with Gasteiger partial charge in [-0.05, 0) is 13.8 Å². The van der Waals surface area contributed by atoms with Gasteiger partial charge in [-0.1, -0.05) is 0 Å². The first-order valence-corrected chi connectivity index (χ1v) is 7.20. The van der Waals surface area contributed by atoms with Gasteiger partial charge in [0.15, 0.2) is 6.29 Å². The summed E-state index contributed by atoms with van der Waals surface area (Å²) < 4.78 is 36.5. The Morgan fingerprint density at radius 3 is 2.30 bits per heavy atom. The SMILES string of the molecule is COC(CNS(=O)(=O)c1c(C)[nH]c(C(=O)O)c1C)OC.